The summed E-state index contributed by atoms with van der Waals surface area (Å²) in [6.45, 7) is 1.64. The number of nitrogens with two attached hydrogens (primary N) is 1. The van der Waals surface area contributed by atoms with Gasteiger partial charge in [0.05, 0.1) is 5.56 Å². The van der Waals surface area contributed by atoms with Crippen molar-refractivity contribution in [3.05, 3.63) is 47.7 Å². The topological polar surface area (TPSA) is 38.9 Å². The Morgan fingerprint density at radius 2 is 1.83 bits per heavy atom. The fraction of sp³-hybridized carbons (Fsp3) is 0.154. The Morgan fingerprint density at radius 1 is 1.11 bits per heavy atom. The summed E-state index contributed by atoms with van der Waals surface area (Å²) in [5.41, 5.74) is 6.94. The summed E-state index contributed by atoms with van der Waals surface area (Å²) < 4.78 is 37.6. The van der Waals surface area contributed by atoms with Crippen LogP contribution in [0.5, 0.6) is 0 Å². The minimum absolute atomic E-state index is 0.340. The lowest BCUT2D eigenvalue weighted by Gasteiger charge is -2.11. The first-order valence-electron chi connectivity index (χ1n) is 5.27. The molecule has 0 saturated heterocycles. The molecule has 0 spiro atoms. The maximum Gasteiger partial charge on any atom is 0.416 e. The minimum atomic E-state index is -4.32. The minimum Gasteiger partial charge on any atom is -0.384 e. The first-order valence-corrected chi connectivity index (χ1v) is 5.27. The lowest BCUT2D eigenvalue weighted by molar-refractivity contribution is -0.137. The Kier molecular flexibility index (Phi) is 2.98. The van der Waals surface area contributed by atoms with Crippen LogP contribution in [-0.2, 0) is 6.18 Å². The standard InChI is InChI=1S/C13H11F3N2/c1-8-6-10(13(14,15)16)2-3-11(8)9-4-5-18-12(17)7-9/h2-7H,1H3,(H2,17,18). The number of benzene rings is 1. The van der Waals surface area contributed by atoms with E-state index in [9.17, 15) is 13.2 Å². The van der Waals surface area contributed by atoms with Gasteiger partial charge in [-0.05, 0) is 47.9 Å². The van der Waals surface area contributed by atoms with Crippen LogP contribution in [0, 0.1) is 6.92 Å². The number of hydrogen-bond acceptors (Lipinski definition) is 2. The zero-order valence-electron chi connectivity index (χ0n) is 9.62. The van der Waals surface area contributed by atoms with E-state index in [1.165, 1.54) is 12.3 Å². The van der Waals surface area contributed by atoms with E-state index in [-0.39, 0.29) is 0 Å². The van der Waals surface area contributed by atoms with Gasteiger partial charge in [0, 0.05) is 6.20 Å². The quantitative estimate of drug-likeness (QED) is 0.841. The van der Waals surface area contributed by atoms with E-state index in [4.69, 9.17) is 5.73 Å². The van der Waals surface area contributed by atoms with Gasteiger partial charge in [0.25, 0.3) is 0 Å². The van der Waals surface area contributed by atoms with Crippen molar-refractivity contribution in [3.63, 3.8) is 0 Å². The van der Waals surface area contributed by atoms with Gasteiger partial charge in [0.2, 0.25) is 0 Å². The van der Waals surface area contributed by atoms with Crippen molar-refractivity contribution in [1.29, 1.82) is 0 Å². The predicted octanol–water partition coefficient (Wildman–Crippen LogP) is 3.66. The normalized spacial score (nSPS) is 11.6. The maximum absolute atomic E-state index is 12.5. The maximum atomic E-state index is 12.5. The summed E-state index contributed by atoms with van der Waals surface area (Å²) in [6, 6.07) is 7.00. The van der Waals surface area contributed by atoms with Crippen LogP contribution in [0.4, 0.5) is 19.0 Å². The highest BCUT2D eigenvalue weighted by Gasteiger charge is 2.30. The number of hydrogen-bond donors (Lipinski definition) is 1. The molecule has 0 amide bonds. The second-order valence-corrected chi connectivity index (χ2v) is 4.00. The Bertz CT molecular complexity index is 577. The van der Waals surface area contributed by atoms with E-state index < -0.39 is 11.7 Å². The molecule has 0 fully saturated rings. The average molecular weight is 252 g/mol. The highest BCUT2D eigenvalue weighted by atomic mass is 19.4. The molecule has 2 aromatic rings. The molecule has 0 unspecified atom stereocenters. The van der Waals surface area contributed by atoms with E-state index in [0.29, 0.717) is 11.4 Å². The van der Waals surface area contributed by atoms with Gasteiger partial charge in [-0.3, -0.25) is 0 Å². The van der Waals surface area contributed by atoms with Crippen LogP contribution in [0.3, 0.4) is 0 Å². The van der Waals surface area contributed by atoms with Crippen molar-refractivity contribution in [2.75, 3.05) is 5.73 Å². The Balaban J connectivity index is 2.48. The SMILES string of the molecule is Cc1cc(C(F)(F)F)ccc1-c1ccnc(N)c1. The molecule has 1 aromatic carbocycles. The van der Waals surface area contributed by atoms with Crippen LogP contribution < -0.4 is 5.73 Å². The van der Waals surface area contributed by atoms with Gasteiger partial charge in [-0.15, -0.1) is 0 Å². The third kappa shape index (κ3) is 2.45. The predicted molar refractivity (Wildman–Crippen MR) is 63.8 cm³/mol. The van der Waals surface area contributed by atoms with Gasteiger partial charge >= 0.3 is 6.18 Å². The molecular weight excluding hydrogens is 241 g/mol. The summed E-state index contributed by atoms with van der Waals surface area (Å²) in [6.07, 6.45) is -2.79. The van der Waals surface area contributed by atoms with Crippen molar-refractivity contribution in [2.45, 2.75) is 13.1 Å². The van der Waals surface area contributed by atoms with Crippen molar-refractivity contribution in [1.82, 2.24) is 4.98 Å². The van der Waals surface area contributed by atoms with Gasteiger partial charge in [0.1, 0.15) is 5.82 Å². The number of pyridine rings is 1. The lowest BCUT2D eigenvalue weighted by atomic mass is 9.99. The summed E-state index contributed by atoms with van der Waals surface area (Å²) in [4.78, 5) is 3.85. The van der Waals surface area contributed by atoms with E-state index in [1.807, 2.05) is 0 Å². The highest BCUT2D eigenvalue weighted by Crippen LogP contribution is 2.33. The van der Waals surface area contributed by atoms with Crippen molar-refractivity contribution >= 4 is 5.82 Å². The van der Waals surface area contributed by atoms with Gasteiger partial charge < -0.3 is 5.73 Å². The molecule has 2 nitrogen and oxygen atoms in total. The molecule has 0 atom stereocenters. The Hall–Kier alpha value is -2.04. The second kappa shape index (κ2) is 4.33. The molecule has 94 valence electrons. The van der Waals surface area contributed by atoms with Gasteiger partial charge in [-0.25, -0.2) is 4.98 Å². The third-order valence-corrected chi connectivity index (χ3v) is 2.65. The van der Waals surface area contributed by atoms with Crippen LogP contribution in [0.15, 0.2) is 36.5 Å². The molecule has 0 aliphatic carbocycles. The molecule has 0 saturated carbocycles. The molecular formula is C13H11F3N2. The van der Waals surface area contributed by atoms with E-state index in [0.717, 1.165) is 23.3 Å². The zero-order chi connectivity index (χ0) is 13.3. The first-order chi connectivity index (χ1) is 8.38. The van der Waals surface area contributed by atoms with Gasteiger partial charge in [0.15, 0.2) is 0 Å². The monoisotopic (exact) mass is 252 g/mol. The fourth-order valence-electron chi connectivity index (χ4n) is 1.78. The van der Waals surface area contributed by atoms with E-state index in [2.05, 4.69) is 4.98 Å². The molecule has 0 radical (unpaired) electrons. The largest absolute Gasteiger partial charge is 0.416 e. The molecule has 2 N–H and O–H groups in total. The summed E-state index contributed by atoms with van der Waals surface area (Å²) >= 11 is 0. The van der Waals surface area contributed by atoms with Gasteiger partial charge in [-0.2, -0.15) is 13.2 Å². The van der Waals surface area contributed by atoms with Crippen LogP contribution in [0.2, 0.25) is 0 Å². The number of alkyl halides is 3. The number of rotatable bonds is 1. The summed E-state index contributed by atoms with van der Waals surface area (Å²) in [5, 5.41) is 0. The van der Waals surface area contributed by atoms with Crippen LogP contribution in [0.1, 0.15) is 11.1 Å². The molecule has 5 heteroatoms. The third-order valence-electron chi connectivity index (χ3n) is 2.65. The Labute approximate surface area is 102 Å². The molecule has 18 heavy (non-hydrogen) atoms. The summed E-state index contributed by atoms with van der Waals surface area (Å²) in [5.74, 6) is 0.340. The van der Waals surface area contributed by atoms with Crippen LogP contribution in [0.25, 0.3) is 11.1 Å². The number of anilines is 1. The molecule has 1 heterocycles. The fourth-order valence-corrected chi connectivity index (χ4v) is 1.78. The van der Waals surface area contributed by atoms with Crippen molar-refractivity contribution < 1.29 is 13.2 Å². The molecule has 0 bridgehead atoms. The molecule has 2 rings (SSSR count). The van der Waals surface area contributed by atoms with Crippen molar-refractivity contribution in [2.24, 2.45) is 0 Å². The molecule has 1 aromatic heterocycles. The average Bonchev–Trinajstić information content (AvgIpc) is 2.27. The molecule has 0 aliphatic rings. The molecule has 0 aliphatic heterocycles. The van der Waals surface area contributed by atoms with E-state index >= 15 is 0 Å². The van der Waals surface area contributed by atoms with E-state index in [1.54, 1.807) is 19.1 Å². The zero-order valence-corrected chi connectivity index (χ0v) is 9.62. The number of halogens is 3. The van der Waals surface area contributed by atoms with Crippen molar-refractivity contribution in [3.8, 4) is 11.1 Å². The smallest absolute Gasteiger partial charge is 0.384 e. The first kappa shape index (κ1) is 12.4. The second-order valence-electron chi connectivity index (χ2n) is 4.00. The van der Waals surface area contributed by atoms with Crippen LogP contribution >= 0.6 is 0 Å². The number of nitrogens with zero attached hydrogens (tertiary/aromatic N) is 1. The number of aryl methyl sites for hydroxylation is 1. The lowest BCUT2D eigenvalue weighted by Crippen LogP contribution is -2.05. The number of aromatic nitrogens is 1. The Morgan fingerprint density at radius 3 is 2.39 bits per heavy atom. The summed E-state index contributed by atoms with van der Waals surface area (Å²) in [7, 11) is 0. The highest BCUT2D eigenvalue weighted by molar-refractivity contribution is 5.69. The van der Waals surface area contributed by atoms with Gasteiger partial charge in [-0.1, -0.05) is 6.07 Å². The van der Waals surface area contributed by atoms with Crippen LogP contribution in [-0.4, -0.2) is 4.98 Å². The number of nitrogen functional groups attached to an aromatic ring is 1.